The molecule has 6 nitrogen and oxygen atoms in total. The molecule has 2 rings (SSSR count). The molecule has 0 bridgehead atoms. The largest absolute Gasteiger partial charge is 0.404 e. The van der Waals surface area contributed by atoms with Gasteiger partial charge in [-0.15, -0.1) is 0 Å². The molecule has 0 aliphatic rings. The van der Waals surface area contributed by atoms with E-state index in [1.54, 1.807) is 24.3 Å². The van der Waals surface area contributed by atoms with E-state index in [9.17, 15) is 14.9 Å². The van der Waals surface area contributed by atoms with Crippen LogP contribution in [-0.4, -0.2) is 20.5 Å². The maximum atomic E-state index is 12.4. The molecule has 0 spiro atoms. The third-order valence-corrected chi connectivity index (χ3v) is 3.47. The van der Waals surface area contributed by atoms with Gasteiger partial charge < -0.3 is 10.1 Å². The van der Waals surface area contributed by atoms with E-state index in [0.717, 1.165) is 0 Å². The van der Waals surface area contributed by atoms with Crippen molar-refractivity contribution >= 4 is 27.5 Å². The van der Waals surface area contributed by atoms with E-state index in [1.165, 1.54) is 10.9 Å². The lowest BCUT2D eigenvalue weighted by Crippen LogP contribution is -2.19. The number of aromatic nitrogens is 2. The second kappa shape index (κ2) is 5.96. The zero-order valence-electron chi connectivity index (χ0n) is 10.7. The van der Waals surface area contributed by atoms with Gasteiger partial charge in [0.2, 0.25) is 0 Å². The molecular formula is C13H12BrN3O3. The van der Waals surface area contributed by atoms with Crippen LogP contribution < -0.4 is 0 Å². The number of rotatable bonds is 5. The van der Waals surface area contributed by atoms with Crippen molar-refractivity contribution in [1.82, 2.24) is 9.78 Å². The maximum absolute atomic E-state index is 12.4. The molecule has 104 valence electrons. The Morgan fingerprint density at radius 1 is 1.45 bits per heavy atom. The topological polar surface area (TPSA) is 78.0 Å². The van der Waals surface area contributed by atoms with Gasteiger partial charge in [-0.3, -0.25) is 4.79 Å². The van der Waals surface area contributed by atoms with E-state index in [4.69, 9.17) is 0 Å². The Balaban J connectivity index is 2.36. The zero-order valence-corrected chi connectivity index (χ0v) is 12.3. The van der Waals surface area contributed by atoms with E-state index in [2.05, 4.69) is 21.0 Å². The van der Waals surface area contributed by atoms with Gasteiger partial charge in [-0.25, -0.2) is 0 Å². The Morgan fingerprint density at radius 2 is 2.10 bits per heavy atom. The molecule has 1 aromatic heterocycles. The third kappa shape index (κ3) is 2.77. The minimum absolute atomic E-state index is 0.113. The number of hydrogen-bond donors (Lipinski definition) is 0. The summed E-state index contributed by atoms with van der Waals surface area (Å²) >= 11 is 3.08. The molecule has 0 saturated carbocycles. The van der Waals surface area contributed by atoms with Crippen LogP contribution in [0.1, 0.15) is 29.7 Å². The number of hydrogen-bond acceptors (Lipinski definition) is 4. The van der Waals surface area contributed by atoms with Crippen molar-refractivity contribution in [3.63, 3.8) is 0 Å². The second-order valence-corrected chi connectivity index (χ2v) is 5.05. The molecule has 2 aromatic rings. The number of ketones is 1. The average Bonchev–Trinajstić information content (AvgIpc) is 2.82. The first-order chi connectivity index (χ1) is 9.54. The molecule has 7 heteroatoms. The molecular weight excluding hydrogens is 326 g/mol. The third-order valence-electron chi connectivity index (χ3n) is 2.91. The molecule has 0 fully saturated rings. The lowest BCUT2D eigenvalue weighted by molar-refractivity contribution is -0.390. The van der Waals surface area contributed by atoms with Crippen molar-refractivity contribution in [3.05, 3.63) is 56.7 Å². The smallest absolute Gasteiger partial charge is 0.358 e. The van der Waals surface area contributed by atoms with E-state index in [0.29, 0.717) is 12.0 Å². The summed E-state index contributed by atoms with van der Waals surface area (Å²) in [6.45, 7) is 1.84. The van der Waals surface area contributed by atoms with Gasteiger partial charge in [0.15, 0.2) is 5.78 Å². The van der Waals surface area contributed by atoms with Crippen LogP contribution in [0.5, 0.6) is 0 Å². The summed E-state index contributed by atoms with van der Waals surface area (Å²) in [5.74, 6) is -0.401. The van der Waals surface area contributed by atoms with Gasteiger partial charge in [-0.1, -0.05) is 37.3 Å². The molecule has 0 aliphatic carbocycles. The fraction of sp³-hybridized carbons (Fsp3) is 0.231. The number of halogens is 1. The van der Waals surface area contributed by atoms with E-state index >= 15 is 0 Å². The van der Waals surface area contributed by atoms with Crippen molar-refractivity contribution < 1.29 is 9.72 Å². The lowest BCUT2D eigenvalue weighted by Gasteiger charge is -2.10. The normalized spacial score (nSPS) is 12.1. The first-order valence-corrected chi connectivity index (χ1v) is 6.82. The SMILES string of the molecule is CCC(C(=O)c1ccccc1)n1cc(Br)c([N+](=O)[O-])n1. The molecule has 0 amide bonds. The first-order valence-electron chi connectivity index (χ1n) is 6.03. The monoisotopic (exact) mass is 337 g/mol. The van der Waals surface area contributed by atoms with Crippen LogP contribution in [0.15, 0.2) is 41.0 Å². The van der Waals surface area contributed by atoms with E-state index in [-0.39, 0.29) is 16.1 Å². The van der Waals surface area contributed by atoms with Crippen LogP contribution in [-0.2, 0) is 0 Å². The van der Waals surface area contributed by atoms with E-state index in [1.807, 2.05) is 13.0 Å². The highest BCUT2D eigenvalue weighted by Gasteiger charge is 2.27. The fourth-order valence-corrected chi connectivity index (χ4v) is 2.36. The van der Waals surface area contributed by atoms with Gasteiger partial charge in [-0.2, -0.15) is 4.68 Å². The van der Waals surface area contributed by atoms with Crippen LogP contribution >= 0.6 is 15.9 Å². The van der Waals surface area contributed by atoms with Gasteiger partial charge in [0.05, 0.1) is 11.3 Å². The van der Waals surface area contributed by atoms with Crippen molar-refractivity contribution in [2.24, 2.45) is 0 Å². The minimum Gasteiger partial charge on any atom is -0.358 e. The molecule has 20 heavy (non-hydrogen) atoms. The van der Waals surface area contributed by atoms with Crippen molar-refractivity contribution in [2.45, 2.75) is 19.4 Å². The van der Waals surface area contributed by atoms with Crippen LogP contribution in [0, 0.1) is 10.1 Å². The molecule has 1 heterocycles. The highest BCUT2D eigenvalue weighted by molar-refractivity contribution is 9.10. The quantitative estimate of drug-likeness (QED) is 0.476. The molecule has 0 N–H and O–H groups in total. The second-order valence-electron chi connectivity index (χ2n) is 4.19. The number of Topliss-reactive ketones (excluding diaryl/α,β-unsaturated/α-hetero) is 1. The van der Waals surface area contributed by atoms with Gasteiger partial charge in [0.1, 0.15) is 10.5 Å². The standard InChI is InChI=1S/C13H12BrN3O3/c1-2-11(12(18)9-6-4-3-5-7-9)16-8-10(14)13(15-16)17(19)20/h3-8,11H,2H2,1H3. The van der Waals surface area contributed by atoms with Gasteiger partial charge in [-0.05, 0) is 27.3 Å². The van der Waals surface area contributed by atoms with Gasteiger partial charge >= 0.3 is 5.82 Å². The van der Waals surface area contributed by atoms with Crippen molar-refractivity contribution in [2.75, 3.05) is 0 Å². The van der Waals surface area contributed by atoms with E-state index < -0.39 is 11.0 Å². The number of nitro groups is 1. The molecule has 1 aromatic carbocycles. The molecule has 1 atom stereocenters. The van der Waals surface area contributed by atoms with Crippen LogP contribution in [0.2, 0.25) is 0 Å². The lowest BCUT2D eigenvalue weighted by atomic mass is 10.0. The maximum Gasteiger partial charge on any atom is 0.404 e. The summed E-state index contributed by atoms with van der Waals surface area (Å²) in [7, 11) is 0. The average molecular weight is 338 g/mol. The fourth-order valence-electron chi connectivity index (χ4n) is 1.93. The minimum atomic E-state index is -0.583. The van der Waals surface area contributed by atoms with Gasteiger partial charge in [0.25, 0.3) is 0 Å². The van der Waals surface area contributed by atoms with Crippen molar-refractivity contribution in [1.29, 1.82) is 0 Å². The van der Waals surface area contributed by atoms with Crippen molar-refractivity contribution in [3.8, 4) is 0 Å². The molecule has 0 aliphatic heterocycles. The Morgan fingerprint density at radius 3 is 2.60 bits per heavy atom. The first kappa shape index (κ1) is 14.4. The van der Waals surface area contributed by atoms with Crippen LogP contribution in [0.3, 0.4) is 0 Å². The number of carbonyl (C=O) groups excluding carboxylic acids is 1. The zero-order chi connectivity index (χ0) is 14.7. The van der Waals surface area contributed by atoms with Crippen LogP contribution in [0.4, 0.5) is 5.82 Å². The molecule has 0 radical (unpaired) electrons. The Kier molecular flexibility index (Phi) is 4.29. The molecule has 0 saturated heterocycles. The summed E-state index contributed by atoms with van der Waals surface area (Å²) in [6, 6.07) is 8.27. The Labute approximate surface area is 123 Å². The van der Waals surface area contributed by atoms with Crippen LogP contribution in [0.25, 0.3) is 0 Å². The molecule has 1 unspecified atom stereocenters. The predicted octanol–water partition coefficient (Wildman–Crippen LogP) is 3.39. The summed E-state index contributed by atoms with van der Waals surface area (Å²) < 4.78 is 1.61. The summed E-state index contributed by atoms with van der Waals surface area (Å²) in [5.41, 5.74) is 0.564. The highest BCUT2D eigenvalue weighted by atomic mass is 79.9. The Hall–Kier alpha value is -2.02. The predicted molar refractivity (Wildman–Crippen MR) is 76.7 cm³/mol. The summed E-state index contributed by atoms with van der Waals surface area (Å²) in [6.07, 6.45) is 1.96. The Bertz CT molecular complexity index is 640. The summed E-state index contributed by atoms with van der Waals surface area (Å²) in [5, 5.41) is 14.7. The number of benzene rings is 1. The highest BCUT2D eigenvalue weighted by Crippen LogP contribution is 2.26. The summed E-state index contributed by atoms with van der Waals surface area (Å²) in [4.78, 5) is 22.6. The number of carbonyl (C=O) groups is 1. The number of nitrogens with zero attached hydrogens (tertiary/aromatic N) is 3. The van der Waals surface area contributed by atoms with Gasteiger partial charge in [0, 0.05) is 5.56 Å².